The third kappa shape index (κ3) is 3.29. The second kappa shape index (κ2) is 6.02. The highest BCUT2D eigenvalue weighted by Gasteiger charge is 2.21. The molecule has 1 fully saturated rings. The molecule has 1 aliphatic rings. The van der Waals surface area contributed by atoms with Crippen molar-refractivity contribution in [2.24, 2.45) is 0 Å². The van der Waals surface area contributed by atoms with Gasteiger partial charge in [-0.25, -0.2) is 0 Å². The third-order valence-corrected chi connectivity index (χ3v) is 3.06. The van der Waals surface area contributed by atoms with E-state index in [2.05, 4.69) is 0 Å². The molecule has 0 bridgehead atoms. The summed E-state index contributed by atoms with van der Waals surface area (Å²) in [5.41, 5.74) is 0. The third-order valence-electron chi connectivity index (χ3n) is 3.06. The summed E-state index contributed by atoms with van der Waals surface area (Å²) in [6.07, 6.45) is 7.21. The molecule has 14 heavy (non-hydrogen) atoms. The van der Waals surface area contributed by atoms with Crippen LogP contribution in [-0.2, 0) is 4.79 Å². The van der Waals surface area contributed by atoms with E-state index in [0.717, 1.165) is 12.8 Å². The largest absolute Gasteiger partial charge is 0.396 e. The highest BCUT2D eigenvalue weighted by Crippen LogP contribution is 2.22. The molecule has 0 spiro atoms. The smallest absolute Gasteiger partial charge is 0.222 e. The second-order valence-corrected chi connectivity index (χ2v) is 4.12. The number of nitrogens with zero attached hydrogens (tertiary/aromatic N) is 1. The van der Waals surface area contributed by atoms with Crippen LogP contribution >= 0.6 is 0 Å². The van der Waals surface area contributed by atoms with Gasteiger partial charge in [0.25, 0.3) is 0 Å². The van der Waals surface area contributed by atoms with Crippen LogP contribution in [0, 0.1) is 0 Å². The van der Waals surface area contributed by atoms with E-state index < -0.39 is 0 Å². The van der Waals surface area contributed by atoms with Crippen molar-refractivity contribution in [1.29, 1.82) is 0 Å². The lowest BCUT2D eigenvalue weighted by atomic mass is 9.94. The molecule has 0 aromatic rings. The standard InChI is InChI=1S/C11H21NO2/c1-12(11(14)8-5-9-13)10-6-3-2-4-7-10/h10,13H,2-9H2,1H3. The summed E-state index contributed by atoms with van der Waals surface area (Å²) in [7, 11) is 1.90. The molecular formula is C11H21NO2. The maximum absolute atomic E-state index is 11.6. The van der Waals surface area contributed by atoms with Crippen molar-refractivity contribution in [1.82, 2.24) is 4.90 Å². The summed E-state index contributed by atoms with van der Waals surface area (Å²) in [5, 5.41) is 8.64. The molecule has 0 unspecified atom stereocenters. The van der Waals surface area contributed by atoms with E-state index in [1.54, 1.807) is 0 Å². The number of hydrogen-bond donors (Lipinski definition) is 1. The van der Waals surface area contributed by atoms with Gasteiger partial charge in [-0.05, 0) is 19.3 Å². The number of hydrogen-bond acceptors (Lipinski definition) is 2. The van der Waals surface area contributed by atoms with E-state index in [1.807, 2.05) is 11.9 Å². The number of aliphatic hydroxyl groups is 1. The quantitative estimate of drug-likeness (QED) is 0.746. The van der Waals surface area contributed by atoms with E-state index in [4.69, 9.17) is 5.11 Å². The second-order valence-electron chi connectivity index (χ2n) is 4.12. The molecule has 3 heteroatoms. The van der Waals surface area contributed by atoms with Crippen molar-refractivity contribution in [3.8, 4) is 0 Å². The lowest BCUT2D eigenvalue weighted by molar-refractivity contribution is -0.132. The first kappa shape index (κ1) is 11.5. The van der Waals surface area contributed by atoms with Crippen LogP contribution in [0.1, 0.15) is 44.9 Å². The monoisotopic (exact) mass is 199 g/mol. The van der Waals surface area contributed by atoms with Crippen LogP contribution in [0.5, 0.6) is 0 Å². The van der Waals surface area contributed by atoms with Crippen molar-refractivity contribution in [2.45, 2.75) is 51.0 Å². The Bertz CT molecular complexity index is 176. The van der Waals surface area contributed by atoms with Gasteiger partial charge in [-0.3, -0.25) is 4.79 Å². The molecular weight excluding hydrogens is 178 g/mol. The number of amides is 1. The summed E-state index contributed by atoms with van der Waals surface area (Å²) in [4.78, 5) is 13.5. The van der Waals surface area contributed by atoms with Crippen LogP contribution in [0.25, 0.3) is 0 Å². The van der Waals surface area contributed by atoms with E-state index in [-0.39, 0.29) is 12.5 Å². The molecule has 0 atom stereocenters. The zero-order valence-corrected chi connectivity index (χ0v) is 9.04. The Labute approximate surface area is 86.1 Å². The molecule has 0 radical (unpaired) electrons. The first-order valence-corrected chi connectivity index (χ1v) is 5.62. The molecule has 3 nitrogen and oxygen atoms in total. The summed E-state index contributed by atoms with van der Waals surface area (Å²) < 4.78 is 0. The molecule has 1 rings (SSSR count). The minimum Gasteiger partial charge on any atom is -0.396 e. The maximum Gasteiger partial charge on any atom is 0.222 e. The van der Waals surface area contributed by atoms with Crippen LogP contribution in [0.3, 0.4) is 0 Å². The first-order chi connectivity index (χ1) is 6.75. The van der Waals surface area contributed by atoms with Gasteiger partial charge in [-0.2, -0.15) is 0 Å². The number of carbonyl (C=O) groups excluding carboxylic acids is 1. The van der Waals surface area contributed by atoms with Gasteiger partial charge in [0.15, 0.2) is 0 Å². The zero-order chi connectivity index (χ0) is 10.4. The Hall–Kier alpha value is -0.570. The molecule has 1 amide bonds. The number of carbonyl (C=O) groups is 1. The Morgan fingerprint density at radius 3 is 2.57 bits per heavy atom. The normalized spacial score (nSPS) is 18.1. The molecule has 0 aromatic heterocycles. The highest BCUT2D eigenvalue weighted by molar-refractivity contribution is 5.76. The average molecular weight is 199 g/mol. The number of rotatable bonds is 4. The average Bonchev–Trinajstić information content (AvgIpc) is 2.26. The van der Waals surface area contributed by atoms with Crippen LogP contribution < -0.4 is 0 Å². The van der Waals surface area contributed by atoms with E-state index in [9.17, 15) is 4.79 Å². The van der Waals surface area contributed by atoms with Crippen molar-refractivity contribution in [3.63, 3.8) is 0 Å². The summed E-state index contributed by atoms with van der Waals surface area (Å²) >= 11 is 0. The van der Waals surface area contributed by atoms with Crippen LogP contribution in [-0.4, -0.2) is 35.6 Å². The minimum atomic E-state index is 0.115. The predicted octanol–water partition coefficient (Wildman–Crippen LogP) is 1.55. The molecule has 82 valence electrons. The fraction of sp³-hybridized carbons (Fsp3) is 0.909. The fourth-order valence-electron chi connectivity index (χ4n) is 2.08. The summed E-state index contributed by atoms with van der Waals surface area (Å²) in [6.45, 7) is 0.115. The van der Waals surface area contributed by atoms with Crippen LogP contribution in [0.15, 0.2) is 0 Å². The number of aliphatic hydroxyl groups excluding tert-OH is 1. The van der Waals surface area contributed by atoms with Gasteiger partial charge >= 0.3 is 0 Å². The van der Waals surface area contributed by atoms with Gasteiger partial charge < -0.3 is 10.0 Å². The molecule has 1 aliphatic carbocycles. The van der Waals surface area contributed by atoms with Crippen molar-refractivity contribution in [2.75, 3.05) is 13.7 Å². The lowest BCUT2D eigenvalue weighted by Crippen LogP contribution is -2.38. The van der Waals surface area contributed by atoms with E-state index in [1.165, 1.54) is 19.3 Å². The van der Waals surface area contributed by atoms with Crippen molar-refractivity contribution in [3.05, 3.63) is 0 Å². The maximum atomic E-state index is 11.6. The topological polar surface area (TPSA) is 40.5 Å². The van der Waals surface area contributed by atoms with E-state index in [0.29, 0.717) is 18.9 Å². The van der Waals surface area contributed by atoms with Gasteiger partial charge in [0, 0.05) is 26.1 Å². The molecule has 0 aliphatic heterocycles. The zero-order valence-electron chi connectivity index (χ0n) is 9.04. The predicted molar refractivity (Wildman–Crippen MR) is 56.0 cm³/mol. The SMILES string of the molecule is CN(C(=O)CCCO)C1CCCCC1. The molecule has 1 saturated carbocycles. The van der Waals surface area contributed by atoms with Crippen molar-refractivity contribution >= 4 is 5.91 Å². The first-order valence-electron chi connectivity index (χ1n) is 5.62. The fourth-order valence-corrected chi connectivity index (χ4v) is 2.08. The minimum absolute atomic E-state index is 0.115. The van der Waals surface area contributed by atoms with Gasteiger partial charge in [-0.15, -0.1) is 0 Å². The Morgan fingerprint density at radius 2 is 2.00 bits per heavy atom. The lowest BCUT2D eigenvalue weighted by Gasteiger charge is -2.31. The van der Waals surface area contributed by atoms with Gasteiger partial charge in [0.1, 0.15) is 0 Å². The van der Waals surface area contributed by atoms with Crippen LogP contribution in [0.4, 0.5) is 0 Å². The Kier molecular flexibility index (Phi) is 4.94. The molecule has 0 aromatic carbocycles. The molecule has 0 heterocycles. The Balaban J connectivity index is 2.30. The molecule has 0 saturated heterocycles. The van der Waals surface area contributed by atoms with Crippen molar-refractivity contribution < 1.29 is 9.90 Å². The summed E-state index contributed by atoms with van der Waals surface area (Å²) in [6, 6.07) is 0.454. The molecule has 1 N–H and O–H groups in total. The van der Waals surface area contributed by atoms with E-state index >= 15 is 0 Å². The Morgan fingerprint density at radius 1 is 1.36 bits per heavy atom. The van der Waals surface area contributed by atoms with Gasteiger partial charge in [0.2, 0.25) is 5.91 Å². The van der Waals surface area contributed by atoms with Crippen LogP contribution in [0.2, 0.25) is 0 Å². The summed E-state index contributed by atoms with van der Waals surface area (Å²) in [5.74, 6) is 0.186. The van der Waals surface area contributed by atoms with Gasteiger partial charge in [0.05, 0.1) is 0 Å². The highest BCUT2D eigenvalue weighted by atomic mass is 16.3. The van der Waals surface area contributed by atoms with Gasteiger partial charge in [-0.1, -0.05) is 19.3 Å².